The number of piperidine rings is 1. The van der Waals surface area contributed by atoms with Crippen LogP contribution in [0.25, 0.3) is 10.9 Å². The Balaban J connectivity index is 1.19. The number of nitrogens with zero attached hydrogens (tertiary/aromatic N) is 1. The molecule has 1 fully saturated rings. The number of H-pyrrole nitrogens is 1. The average Bonchev–Trinajstić information content (AvgIpc) is 3.23. The standard InChI is InChI=1S/C24H26ClN3O4/c1-30-16-2-3-20-17(10-16)18(13-26-20)15-4-6-28(7-5-15)14-24(29)27-21-12-23-22(11-19(21)25)31-8-9-32-23/h2-3,10-13,15,26H,4-9,14H2,1H3,(H,27,29). The number of hydrogen-bond donors (Lipinski definition) is 2. The third-order valence-electron chi connectivity index (χ3n) is 6.22. The molecule has 1 aromatic heterocycles. The summed E-state index contributed by atoms with van der Waals surface area (Å²) in [5, 5.41) is 4.57. The van der Waals surface area contributed by atoms with Gasteiger partial charge in [0.1, 0.15) is 19.0 Å². The molecule has 0 spiro atoms. The molecule has 1 saturated heterocycles. The van der Waals surface area contributed by atoms with E-state index in [4.69, 9.17) is 25.8 Å². The maximum absolute atomic E-state index is 12.7. The zero-order chi connectivity index (χ0) is 22.1. The summed E-state index contributed by atoms with van der Waals surface area (Å²) in [5.41, 5.74) is 2.99. The van der Waals surface area contributed by atoms with Gasteiger partial charge in [-0.3, -0.25) is 9.69 Å². The number of likely N-dealkylation sites (tertiary alicyclic amines) is 1. The minimum atomic E-state index is -0.0844. The Bertz CT molecular complexity index is 1140. The lowest BCUT2D eigenvalue weighted by Gasteiger charge is -2.31. The van der Waals surface area contributed by atoms with E-state index in [9.17, 15) is 4.79 Å². The van der Waals surface area contributed by atoms with E-state index >= 15 is 0 Å². The number of carbonyl (C=O) groups is 1. The van der Waals surface area contributed by atoms with Crippen molar-refractivity contribution in [1.82, 2.24) is 9.88 Å². The van der Waals surface area contributed by atoms with Gasteiger partial charge in [0.15, 0.2) is 11.5 Å². The Morgan fingerprint density at radius 1 is 1.19 bits per heavy atom. The van der Waals surface area contributed by atoms with Crippen molar-refractivity contribution in [2.24, 2.45) is 0 Å². The molecule has 2 aliphatic heterocycles. The summed E-state index contributed by atoms with van der Waals surface area (Å²) in [4.78, 5) is 18.2. The lowest BCUT2D eigenvalue weighted by atomic mass is 9.89. The van der Waals surface area contributed by atoms with Crippen LogP contribution in [0.4, 0.5) is 5.69 Å². The first kappa shape index (κ1) is 21.0. The number of aromatic nitrogens is 1. The van der Waals surface area contributed by atoms with E-state index in [0.29, 0.717) is 47.9 Å². The molecule has 3 aromatic rings. The van der Waals surface area contributed by atoms with Gasteiger partial charge in [0, 0.05) is 29.2 Å². The Morgan fingerprint density at radius 3 is 2.69 bits per heavy atom. The van der Waals surface area contributed by atoms with Crippen LogP contribution in [0, 0.1) is 0 Å². The molecule has 1 amide bonds. The summed E-state index contributed by atoms with van der Waals surface area (Å²) < 4.78 is 16.5. The summed E-state index contributed by atoms with van der Waals surface area (Å²) >= 11 is 6.32. The van der Waals surface area contributed by atoms with E-state index in [1.807, 2.05) is 6.07 Å². The molecule has 2 N–H and O–H groups in total. The van der Waals surface area contributed by atoms with Gasteiger partial charge >= 0.3 is 0 Å². The van der Waals surface area contributed by atoms with Crippen LogP contribution in [0.15, 0.2) is 36.5 Å². The van der Waals surface area contributed by atoms with Gasteiger partial charge in [-0.1, -0.05) is 11.6 Å². The van der Waals surface area contributed by atoms with Gasteiger partial charge in [0.25, 0.3) is 0 Å². The molecule has 0 aliphatic carbocycles. The lowest BCUT2D eigenvalue weighted by Crippen LogP contribution is -2.38. The van der Waals surface area contributed by atoms with Crippen LogP contribution >= 0.6 is 11.6 Å². The van der Waals surface area contributed by atoms with Crippen LogP contribution < -0.4 is 19.5 Å². The topological polar surface area (TPSA) is 75.8 Å². The molecule has 8 heteroatoms. The molecule has 5 rings (SSSR count). The number of anilines is 1. The number of halogens is 1. The lowest BCUT2D eigenvalue weighted by molar-refractivity contribution is -0.117. The summed E-state index contributed by atoms with van der Waals surface area (Å²) in [6.07, 6.45) is 4.12. The number of fused-ring (bicyclic) bond motifs is 2. The van der Waals surface area contributed by atoms with Crippen molar-refractivity contribution in [1.29, 1.82) is 0 Å². The molecule has 7 nitrogen and oxygen atoms in total. The Labute approximate surface area is 191 Å². The second kappa shape index (κ2) is 8.92. The predicted octanol–water partition coefficient (Wildman–Crippen LogP) is 4.42. The normalized spacial score (nSPS) is 16.8. The van der Waals surface area contributed by atoms with Crippen molar-refractivity contribution in [2.45, 2.75) is 18.8 Å². The summed E-state index contributed by atoms with van der Waals surface area (Å²) in [5.74, 6) is 2.45. The predicted molar refractivity (Wildman–Crippen MR) is 124 cm³/mol. The van der Waals surface area contributed by atoms with Crippen LogP contribution in [-0.4, -0.2) is 55.7 Å². The van der Waals surface area contributed by atoms with E-state index in [1.165, 1.54) is 10.9 Å². The molecule has 0 saturated carbocycles. The zero-order valence-corrected chi connectivity index (χ0v) is 18.7. The first-order chi connectivity index (χ1) is 15.6. The molecular weight excluding hydrogens is 430 g/mol. The van der Waals surface area contributed by atoms with Crippen molar-refractivity contribution in [3.8, 4) is 17.2 Å². The Hall–Kier alpha value is -2.90. The molecule has 0 radical (unpaired) electrons. The van der Waals surface area contributed by atoms with Crippen LogP contribution in [0.2, 0.25) is 5.02 Å². The highest BCUT2D eigenvalue weighted by atomic mass is 35.5. The number of aromatic amines is 1. The third kappa shape index (κ3) is 4.23. The number of nitrogens with one attached hydrogen (secondary N) is 2. The molecule has 2 aromatic carbocycles. The fourth-order valence-corrected chi connectivity index (χ4v) is 4.74. The molecule has 3 heterocycles. The summed E-state index contributed by atoms with van der Waals surface area (Å²) in [6, 6.07) is 9.54. The number of hydrogen-bond acceptors (Lipinski definition) is 5. The number of amides is 1. The molecule has 0 unspecified atom stereocenters. The summed E-state index contributed by atoms with van der Waals surface area (Å²) in [7, 11) is 1.69. The van der Waals surface area contributed by atoms with E-state index in [-0.39, 0.29) is 5.91 Å². The fraction of sp³-hybridized carbons (Fsp3) is 0.375. The van der Waals surface area contributed by atoms with E-state index in [2.05, 4.69) is 33.5 Å². The zero-order valence-electron chi connectivity index (χ0n) is 17.9. The molecule has 32 heavy (non-hydrogen) atoms. The van der Waals surface area contributed by atoms with Crippen LogP contribution in [0.1, 0.15) is 24.3 Å². The van der Waals surface area contributed by atoms with Crippen molar-refractivity contribution in [2.75, 3.05) is 45.3 Å². The van der Waals surface area contributed by atoms with Gasteiger partial charge in [0.05, 0.1) is 24.4 Å². The largest absolute Gasteiger partial charge is 0.497 e. The van der Waals surface area contributed by atoms with E-state index in [1.54, 1.807) is 19.2 Å². The molecule has 2 aliphatic rings. The van der Waals surface area contributed by atoms with Gasteiger partial charge < -0.3 is 24.5 Å². The maximum Gasteiger partial charge on any atom is 0.238 e. The molecule has 0 bridgehead atoms. The second-order valence-electron chi connectivity index (χ2n) is 8.23. The van der Waals surface area contributed by atoms with Gasteiger partial charge in [-0.15, -0.1) is 0 Å². The van der Waals surface area contributed by atoms with Gasteiger partial charge in [-0.25, -0.2) is 0 Å². The van der Waals surface area contributed by atoms with Crippen molar-refractivity contribution in [3.05, 3.63) is 47.1 Å². The number of carbonyl (C=O) groups excluding carboxylic acids is 1. The minimum absolute atomic E-state index is 0.0844. The van der Waals surface area contributed by atoms with Crippen molar-refractivity contribution in [3.63, 3.8) is 0 Å². The monoisotopic (exact) mass is 455 g/mol. The van der Waals surface area contributed by atoms with Crippen LogP contribution in [0.5, 0.6) is 17.2 Å². The van der Waals surface area contributed by atoms with Crippen molar-refractivity contribution < 1.29 is 19.0 Å². The van der Waals surface area contributed by atoms with Crippen molar-refractivity contribution >= 4 is 34.1 Å². The Morgan fingerprint density at radius 2 is 1.94 bits per heavy atom. The SMILES string of the molecule is COc1ccc2[nH]cc(C3CCN(CC(=O)Nc4cc5c(cc4Cl)OCCO5)CC3)c2c1. The number of rotatable bonds is 5. The number of methoxy groups -OCH3 is 1. The molecule has 168 valence electrons. The molecule has 0 atom stereocenters. The van der Waals surface area contributed by atoms with E-state index in [0.717, 1.165) is 37.2 Å². The van der Waals surface area contributed by atoms with E-state index < -0.39 is 0 Å². The Kier molecular flexibility index (Phi) is 5.85. The smallest absolute Gasteiger partial charge is 0.238 e. The first-order valence-corrected chi connectivity index (χ1v) is 11.2. The number of benzene rings is 2. The van der Waals surface area contributed by atoms with Crippen LogP contribution in [0.3, 0.4) is 0 Å². The van der Waals surface area contributed by atoms with Gasteiger partial charge in [-0.2, -0.15) is 0 Å². The highest BCUT2D eigenvalue weighted by Gasteiger charge is 2.25. The average molecular weight is 456 g/mol. The van der Waals surface area contributed by atoms with Gasteiger partial charge in [-0.05, 0) is 55.6 Å². The van der Waals surface area contributed by atoms with Crippen LogP contribution in [-0.2, 0) is 4.79 Å². The highest BCUT2D eigenvalue weighted by Crippen LogP contribution is 2.38. The maximum atomic E-state index is 12.7. The van der Waals surface area contributed by atoms with Gasteiger partial charge in [0.2, 0.25) is 5.91 Å². The minimum Gasteiger partial charge on any atom is -0.497 e. The number of ether oxygens (including phenoxy) is 3. The highest BCUT2D eigenvalue weighted by molar-refractivity contribution is 6.34. The molecular formula is C24H26ClN3O4. The quantitative estimate of drug-likeness (QED) is 0.595. The summed E-state index contributed by atoms with van der Waals surface area (Å²) in [6.45, 7) is 3.05. The fourth-order valence-electron chi connectivity index (χ4n) is 4.54. The first-order valence-electron chi connectivity index (χ1n) is 10.9. The second-order valence-corrected chi connectivity index (χ2v) is 8.64. The third-order valence-corrected chi connectivity index (χ3v) is 6.53.